The van der Waals surface area contributed by atoms with Crippen molar-refractivity contribution in [3.05, 3.63) is 53.5 Å². The van der Waals surface area contributed by atoms with Gasteiger partial charge in [0.05, 0.1) is 19.4 Å². The number of nitrogens with one attached hydrogen (secondary N) is 1. The Kier molecular flexibility index (Phi) is 4.30. The fourth-order valence-electron chi connectivity index (χ4n) is 3.27. The van der Waals surface area contributed by atoms with Crippen molar-refractivity contribution in [2.45, 2.75) is 13.8 Å². The third-order valence-corrected chi connectivity index (χ3v) is 4.88. The van der Waals surface area contributed by atoms with Gasteiger partial charge in [-0.1, -0.05) is 0 Å². The van der Waals surface area contributed by atoms with Crippen LogP contribution in [-0.2, 0) is 4.74 Å². The van der Waals surface area contributed by atoms with Crippen molar-refractivity contribution in [2.24, 2.45) is 0 Å². The zero-order chi connectivity index (χ0) is 18.1. The predicted octanol–water partition coefficient (Wildman–Crippen LogP) is 2.44. The number of anilines is 2. The van der Waals surface area contributed by atoms with E-state index in [1.165, 1.54) is 11.3 Å². The zero-order valence-electron chi connectivity index (χ0n) is 14.9. The Morgan fingerprint density at radius 3 is 2.81 bits per heavy atom. The van der Waals surface area contributed by atoms with Gasteiger partial charge in [-0.15, -0.1) is 0 Å². The van der Waals surface area contributed by atoms with Crippen LogP contribution in [0.2, 0.25) is 0 Å². The number of nitrogens with zero attached hydrogens (tertiary/aromatic N) is 4. The lowest BCUT2D eigenvalue weighted by atomic mass is 10.0. The average molecular weight is 351 g/mol. The van der Waals surface area contributed by atoms with Crippen LogP contribution in [0.25, 0.3) is 5.65 Å². The molecule has 0 unspecified atom stereocenters. The topological polar surface area (TPSA) is 71.8 Å². The number of carbonyl (C=O) groups is 1. The SMILES string of the molecule is Cc1c(NC(=O)c2cnn3cccnc23)ccc(N2CCOCC2)c1C. The molecule has 26 heavy (non-hydrogen) atoms. The minimum atomic E-state index is -0.208. The van der Waals surface area contributed by atoms with Crippen LogP contribution in [0.1, 0.15) is 21.5 Å². The second-order valence-corrected chi connectivity index (χ2v) is 6.38. The fraction of sp³-hybridized carbons (Fsp3) is 0.316. The molecule has 0 spiro atoms. The van der Waals surface area contributed by atoms with E-state index in [0.29, 0.717) is 11.2 Å². The Bertz CT molecular complexity index is 960. The van der Waals surface area contributed by atoms with E-state index in [2.05, 4.69) is 33.3 Å². The molecule has 1 amide bonds. The van der Waals surface area contributed by atoms with Crippen LogP contribution in [0, 0.1) is 13.8 Å². The van der Waals surface area contributed by atoms with E-state index in [-0.39, 0.29) is 5.91 Å². The summed E-state index contributed by atoms with van der Waals surface area (Å²) in [6.45, 7) is 7.40. The third kappa shape index (κ3) is 2.90. The van der Waals surface area contributed by atoms with Crippen LogP contribution in [0.3, 0.4) is 0 Å². The number of rotatable bonds is 3. The number of hydrogen-bond acceptors (Lipinski definition) is 5. The molecule has 1 fully saturated rings. The maximum atomic E-state index is 12.7. The first-order valence-electron chi connectivity index (χ1n) is 8.68. The standard InChI is InChI=1S/C19H21N5O2/c1-13-14(2)17(23-8-10-26-11-9-23)5-4-16(13)22-19(25)15-12-21-24-7-3-6-20-18(15)24/h3-7,12H,8-11H2,1-2H3,(H,22,25). The van der Waals surface area contributed by atoms with E-state index < -0.39 is 0 Å². The molecule has 1 saturated heterocycles. The molecule has 1 aliphatic heterocycles. The van der Waals surface area contributed by atoms with Crippen molar-refractivity contribution in [3.8, 4) is 0 Å². The summed E-state index contributed by atoms with van der Waals surface area (Å²) in [7, 11) is 0. The van der Waals surface area contributed by atoms with Gasteiger partial charge in [0.15, 0.2) is 5.65 Å². The number of hydrogen-bond donors (Lipinski definition) is 1. The van der Waals surface area contributed by atoms with Crippen molar-refractivity contribution in [1.29, 1.82) is 0 Å². The predicted molar refractivity (Wildman–Crippen MR) is 99.9 cm³/mol. The minimum Gasteiger partial charge on any atom is -0.378 e. The van der Waals surface area contributed by atoms with E-state index >= 15 is 0 Å². The van der Waals surface area contributed by atoms with Crippen LogP contribution in [0.5, 0.6) is 0 Å². The lowest BCUT2D eigenvalue weighted by Crippen LogP contribution is -2.36. The van der Waals surface area contributed by atoms with Crippen molar-refractivity contribution >= 4 is 22.9 Å². The van der Waals surface area contributed by atoms with E-state index in [0.717, 1.165) is 37.6 Å². The summed E-state index contributed by atoms with van der Waals surface area (Å²) in [6.07, 6.45) is 4.97. The number of fused-ring (bicyclic) bond motifs is 1. The lowest BCUT2D eigenvalue weighted by Gasteiger charge is -2.31. The van der Waals surface area contributed by atoms with Crippen LogP contribution in [0.4, 0.5) is 11.4 Å². The van der Waals surface area contributed by atoms with Crippen LogP contribution < -0.4 is 10.2 Å². The molecule has 1 aromatic carbocycles. The number of aromatic nitrogens is 3. The second-order valence-electron chi connectivity index (χ2n) is 6.38. The smallest absolute Gasteiger partial charge is 0.261 e. The first-order valence-corrected chi connectivity index (χ1v) is 8.68. The molecule has 0 atom stereocenters. The van der Waals surface area contributed by atoms with Gasteiger partial charge >= 0.3 is 0 Å². The van der Waals surface area contributed by atoms with E-state index in [9.17, 15) is 4.79 Å². The Morgan fingerprint density at radius 1 is 1.19 bits per heavy atom. The maximum Gasteiger partial charge on any atom is 0.261 e. The maximum absolute atomic E-state index is 12.7. The molecule has 4 rings (SSSR count). The highest BCUT2D eigenvalue weighted by atomic mass is 16.5. The van der Waals surface area contributed by atoms with E-state index in [1.54, 1.807) is 29.2 Å². The Labute approximate surface area is 151 Å². The van der Waals surface area contributed by atoms with Gasteiger partial charge in [-0.25, -0.2) is 9.50 Å². The lowest BCUT2D eigenvalue weighted by molar-refractivity contribution is 0.102. The Hall–Kier alpha value is -2.93. The summed E-state index contributed by atoms with van der Waals surface area (Å²) in [4.78, 5) is 19.3. The van der Waals surface area contributed by atoms with Crippen LogP contribution >= 0.6 is 0 Å². The van der Waals surface area contributed by atoms with Gasteiger partial charge in [-0.2, -0.15) is 5.10 Å². The van der Waals surface area contributed by atoms with E-state index in [4.69, 9.17) is 4.74 Å². The highest BCUT2D eigenvalue weighted by Crippen LogP contribution is 2.29. The van der Waals surface area contributed by atoms with Gasteiger partial charge < -0.3 is 15.0 Å². The quantitative estimate of drug-likeness (QED) is 0.785. The summed E-state index contributed by atoms with van der Waals surface area (Å²) < 4.78 is 7.02. The van der Waals surface area contributed by atoms with Gasteiger partial charge in [-0.05, 0) is 43.2 Å². The molecule has 3 heterocycles. The molecule has 7 heteroatoms. The molecule has 7 nitrogen and oxygen atoms in total. The molecule has 1 aliphatic rings. The van der Waals surface area contributed by atoms with Gasteiger partial charge in [0.25, 0.3) is 5.91 Å². The Morgan fingerprint density at radius 2 is 2.00 bits per heavy atom. The molecule has 0 radical (unpaired) electrons. The van der Waals surface area contributed by atoms with Gasteiger partial charge in [0.2, 0.25) is 0 Å². The molecule has 2 aromatic heterocycles. The van der Waals surface area contributed by atoms with Crippen molar-refractivity contribution in [3.63, 3.8) is 0 Å². The third-order valence-electron chi connectivity index (χ3n) is 4.88. The van der Waals surface area contributed by atoms with Gasteiger partial charge in [0.1, 0.15) is 5.56 Å². The van der Waals surface area contributed by atoms with Crippen LogP contribution in [-0.4, -0.2) is 46.8 Å². The normalized spacial score (nSPS) is 14.6. The van der Waals surface area contributed by atoms with Crippen LogP contribution in [0.15, 0.2) is 36.8 Å². The van der Waals surface area contributed by atoms with Crippen molar-refractivity contribution in [1.82, 2.24) is 14.6 Å². The largest absolute Gasteiger partial charge is 0.378 e. The molecule has 134 valence electrons. The van der Waals surface area contributed by atoms with Gasteiger partial charge in [-0.3, -0.25) is 4.79 Å². The highest BCUT2D eigenvalue weighted by Gasteiger charge is 2.18. The number of morpholine rings is 1. The zero-order valence-corrected chi connectivity index (χ0v) is 14.9. The summed E-state index contributed by atoms with van der Waals surface area (Å²) in [6, 6.07) is 5.81. The molecule has 0 bridgehead atoms. The number of benzene rings is 1. The molecule has 1 N–H and O–H groups in total. The summed E-state index contributed by atoms with van der Waals surface area (Å²) in [5, 5.41) is 7.17. The number of amides is 1. The molecular formula is C19H21N5O2. The van der Waals surface area contributed by atoms with Crippen molar-refractivity contribution < 1.29 is 9.53 Å². The summed E-state index contributed by atoms with van der Waals surface area (Å²) >= 11 is 0. The first-order chi connectivity index (χ1) is 12.6. The molecule has 0 aliphatic carbocycles. The molecular weight excluding hydrogens is 330 g/mol. The summed E-state index contributed by atoms with van der Waals surface area (Å²) in [5.41, 5.74) is 5.24. The summed E-state index contributed by atoms with van der Waals surface area (Å²) in [5.74, 6) is -0.208. The highest BCUT2D eigenvalue weighted by molar-refractivity contribution is 6.08. The Balaban J connectivity index is 1.60. The van der Waals surface area contributed by atoms with Gasteiger partial charge in [0, 0.05) is 36.9 Å². The fourth-order valence-corrected chi connectivity index (χ4v) is 3.27. The molecule has 3 aromatic rings. The van der Waals surface area contributed by atoms with E-state index in [1.807, 2.05) is 13.0 Å². The first kappa shape index (κ1) is 16.5. The average Bonchev–Trinajstić information content (AvgIpc) is 3.10. The second kappa shape index (κ2) is 6.76. The number of carbonyl (C=O) groups excluding carboxylic acids is 1. The number of ether oxygens (including phenoxy) is 1. The monoisotopic (exact) mass is 351 g/mol. The minimum absolute atomic E-state index is 0.208. The molecule has 0 saturated carbocycles. The van der Waals surface area contributed by atoms with Crippen molar-refractivity contribution in [2.75, 3.05) is 36.5 Å².